The van der Waals surface area contributed by atoms with E-state index < -0.39 is 18.1 Å². The van der Waals surface area contributed by atoms with Crippen molar-refractivity contribution < 1.29 is 11.3 Å². The Labute approximate surface area is 329 Å². The highest BCUT2D eigenvalue weighted by Crippen LogP contribution is 2.40. The fourth-order valence-corrected chi connectivity index (χ4v) is 7.75. The topological polar surface area (TPSA) is 56.7 Å². The van der Waals surface area contributed by atoms with Crippen LogP contribution in [-0.2, 0) is 0 Å². The Morgan fingerprint density at radius 3 is 1.91 bits per heavy atom. The van der Waals surface area contributed by atoms with Gasteiger partial charge in [0.25, 0.3) is 0 Å². The van der Waals surface area contributed by atoms with E-state index in [0.29, 0.717) is 34.2 Å². The lowest BCUT2D eigenvalue weighted by atomic mass is 10.00. The van der Waals surface area contributed by atoms with E-state index in [1.54, 1.807) is 18.2 Å². The quantitative estimate of drug-likeness (QED) is 0.172. The molecule has 0 aliphatic rings. The first-order chi connectivity index (χ1) is 29.8. The van der Waals surface area contributed by atoms with Gasteiger partial charge in [0.2, 0.25) is 0 Å². The highest BCUT2D eigenvalue weighted by Gasteiger charge is 2.19. The first kappa shape index (κ1) is 27.0. The molecule has 11 rings (SSSR count). The monoisotopic (exact) mass is 721 g/mol. The molecule has 0 bridgehead atoms. The zero-order valence-electron chi connectivity index (χ0n) is 34.8. The van der Waals surface area contributed by atoms with Crippen LogP contribution in [0.15, 0.2) is 198 Å². The summed E-state index contributed by atoms with van der Waals surface area (Å²) in [4.78, 5) is 15.0. The van der Waals surface area contributed by atoms with Crippen LogP contribution >= 0.6 is 0 Å². The maximum Gasteiger partial charge on any atom is 0.164 e. The number of rotatable bonds is 6. The molecule has 0 saturated carbocycles. The van der Waals surface area contributed by atoms with E-state index in [2.05, 4.69) is 89.5 Å². The first-order valence-electron chi connectivity index (χ1n) is 20.9. The minimum absolute atomic E-state index is 0.110. The molecule has 0 aliphatic heterocycles. The van der Waals surface area contributed by atoms with Crippen molar-refractivity contribution in [2.45, 2.75) is 0 Å². The molecule has 3 aromatic heterocycles. The molecule has 8 aromatic carbocycles. The summed E-state index contributed by atoms with van der Waals surface area (Å²) in [6.45, 7) is 0. The number of hydrogen-bond donors (Lipinski definition) is 0. The Bertz CT molecular complexity index is 3520. The van der Waals surface area contributed by atoms with Crippen molar-refractivity contribution in [3.63, 3.8) is 0 Å². The molecule has 0 unspecified atom stereocenters. The molecule has 5 heteroatoms. The summed E-state index contributed by atoms with van der Waals surface area (Å²) in [6, 6.07) is 52.8. The third-order valence-electron chi connectivity index (χ3n) is 10.3. The summed E-state index contributed by atoms with van der Waals surface area (Å²) in [5.41, 5.74) is 9.66. The van der Waals surface area contributed by atoms with Gasteiger partial charge in [0.15, 0.2) is 17.5 Å². The molecule has 56 heavy (non-hydrogen) atoms. The van der Waals surface area contributed by atoms with Gasteiger partial charge in [0.05, 0.1) is 17.9 Å². The summed E-state index contributed by atoms with van der Waals surface area (Å²) in [5.74, 6) is 1.27. The van der Waals surface area contributed by atoms with Crippen molar-refractivity contribution in [3.8, 4) is 62.1 Å². The molecule has 0 atom stereocenters. The van der Waals surface area contributed by atoms with Crippen LogP contribution in [0.5, 0.6) is 0 Å². The Morgan fingerprint density at radius 1 is 0.411 bits per heavy atom. The first-order valence-corrected chi connectivity index (χ1v) is 18.4. The Kier molecular flexibility index (Phi) is 6.29. The summed E-state index contributed by atoms with van der Waals surface area (Å²) < 4.78 is 50.7. The lowest BCUT2D eigenvalue weighted by molar-refractivity contribution is 0.669. The number of hydrogen-bond acceptors (Lipinski definition) is 4. The zero-order chi connectivity index (χ0) is 41.4. The average molecular weight is 722 g/mol. The normalized spacial score (nSPS) is 12.8. The second-order valence-corrected chi connectivity index (χ2v) is 13.7. The van der Waals surface area contributed by atoms with Crippen LogP contribution in [0.4, 0.5) is 0 Å². The summed E-state index contributed by atoms with van der Waals surface area (Å²) >= 11 is 0. The average Bonchev–Trinajstić information content (AvgIpc) is 3.86. The number of furan rings is 1. The van der Waals surface area contributed by atoms with Crippen LogP contribution < -0.4 is 0 Å². The van der Waals surface area contributed by atoms with Gasteiger partial charge < -0.3 is 8.98 Å². The molecule has 3 heterocycles. The second kappa shape index (κ2) is 13.0. The van der Waals surface area contributed by atoms with E-state index in [1.807, 2.05) is 60.7 Å². The predicted octanol–water partition coefficient (Wildman–Crippen LogP) is 13.2. The van der Waals surface area contributed by atoms with Gasteiger partial charge in [-0.15, -0.1) is 0 Å². The minimum Gasteiger partial charge on any atom is -0.456 e. The Hall–Kier alpha value is -7.63. The van der Waals surface area contributed by atoms with Gasteiger partial charge in [-0.1, -0.05) is 139 Å². The highest BCUT2D eigenvalue weighted by atomic mass is 16.3. The molecular formula is C51H32N4O. The SMILES string of the molecule is [2H]c1c([2H])c([2H])c(-c2cccc(-c3nc(-c4ccccc4)nc(-c4cccc5oc6cc(-c7ccc8c(c7)c7ccccc7n8-c7ccccc7)ccc6c45)n3)c2)c([2H])c1[2H]. The molecule has 0 aliphatic carbocycles. The van der Waals surface area contributed by atoms with Crippen LogP contribution in [0.3, 0.4) is 0 Å². The molecule has 5 nitrogen and oxygen atoms in total. The third-order valence-corrected chi connectivity index (χ3v) is 10.3. The predicted molar refractivity (Wildman–Crippen MR) is 229 cm³/mol. The van der Waals surface area contributed by atoms with Gasteiger partial charge in [0.1, 0.15) is 11.2 Å². The summed E-state index contributed by atoms with van der Waals surface area (Å²) in [5, 5.41) is 4.14. The van der Waals surface area contributed by atoms with Crippen LogP contribution in [0.25, 0.3) is 106 Å². The van der Waals surface area contributed by atoms with Gasteiger partial charge in [-0.25, -0.2) is 15.0 Å². The van der Waals surface area contributed by atoms with Gasteiger partial charge in [-0.2, -0.15) is 0 Å². The smallest absolute Gasteiger partial charge is 0.164 e. The largest absolute Gasteiger partial charge is 0.456 e. The fraction of sp³-hybridized carbons (Fsp3) is 0. The molecule has 262 valence electrons. The standard InChI is InChI=1S/C51H32N4O/c1-4-14-33(15-5-1)35-18-12-19-38(30-35)50-52-49(34-16-6-2-7-17-34)53-51(54-50)42-23-13-25-46-48(42)41-28-26-37(32-47(41)56-46)36-27-29-45-43(31-36)40-22-10-11-24-44(40)55(45)39-20-8-3-9-21-39/h1-32H/i1D,4D,5D,14D,15D. The van der Waals surface area contributed by atoms with Gasteiger partial charge in [-0.05, 0) is 76.9 Å². The zero-order valence-corrected chi connectivity index (χ0v) is 29.8. The lowest BCUT2D eigenvalue weighted by Crippen LogP contribution is -2.00. The number of para-hydroxylation sites is 2. The molecule has 0 saturated heterocycles. The molecule has 11 aromatic rings. The lowest BCUT2D eigenvalue weighted by Gasteiger charge is -2.10. The van der Waals surface area contributed by atoms with Crippen LogP contribution in [0.1, 0.15) is 6.85 Å². The van der Waals surface area contributed by atoms with Crippen LogP contribution in [0.2, 0.25) is 0 Å². The molecule has 0 spiro atoms. The number of benzene rings is 8. The molecule has 0 radical (unpaired) electrons. The van der Waals surface area contributed by atoms with E-state index in [-0.39, 0.29) is 17.6 Å². The van der Waals surface area contributed by atoms with E-state index in [9.17, 15) is 0 Å². The molecular weight excluding hydrogens is 685 g/mol. The summed E-state index contributed by atoms with van der Waals surface area (Å²) in [6.07, 6.45) is 0. The summed E-state index contributed by atoms with van der Waals surface area (Å²) in [7, 11) is 0. The van der Waals surface area contributed by atoms with Crippen molar-refractivity contribution in [1.82, 2.24) is 19.5 Å². The van der Waals surface area contributed by atoms with Crippen molar-refractivity contribution >= 4 is 43.7 Å². The van der Waals surface area contributed by atoms with E-state index in [1.165, 1.54) is 10.8 Å². The maximum absolute atomic E-state index is 8.60. The fourth-order valence-electron chi connectivity index (χ4n) is 7.75. The Balaban J connectivity index is 1.05. The van der Waals surface area contributed by atoms with E-state index in [4.69, 9.17) is 26.2 Å². The third kappa shape index (κ3) is 5.37. The van der Waals surface area contributed by atoms with Gasteiger partial charge >= 0.3 is 0 Å². The van der Waals surface area contributed by atoms with Gasteiger partial charge in [0, 0.05) is 43.9 Å². The molecule has 0 amide bonds. The number of aromatic nitrogens is 4. The van der Waals surface area contributed by atoms with Crippen molar-refractivity contribution in [1.29, 1.82) is 0 Å². The number of fused-ring (bicyclic) bond motifs is 6. The second-order valence-electron chi connectivity index (χ2n) is 13.7. The van der Waals surface area contributed by atoms with Crippen molar-refractivity contribution in [2.75, 3.05) is 0 Å². The maximum atomic E-state index is 8.60. The van der Waals surface area contributed by atoms with Crippen molar-refractivity contribution in [2.24, 2.45) is 0 Å². The van der Waals surface area contributed by atoms with Gasteiger partial charge in [-0.3, -0.25) is 0 Å². The van der Waals surface area contributed by atoms with E-state index >= 15 is 0 Å². The molecule has 0 fully saturated rings. The van der Waals surface area contributed by atoms with E-state index in [0.717, 1.165) is 55.3 Å². The van der Waals surface area contributed by atoms with Crippen molar-refractivity contribution in [3.05, 3.63) is 194 Å². The van der Waals surface area contributed by atoms with Crippen LogP contribution in [0, 0.1) is 0 Å². The highest BCUT2D eigenvalue weighted by molar-refractivity contribution is 6.13. The van der Waals surface area contributed by atoms with Crippen LogP contribution in [-0.4, -0.2) is 19.5 Å². The number of nitrogens with zero attached hydrogens (tertiary/aromatic N) is 4. The minimum atomic E-state index is -0.438. The molecule has 0 N–H and O–H groups in total. The Morgan fingerprint density at radius 2 is 1.05 bits per heavy atom.